The normalized spacial score (nSPS) is 20.1. The maximum absolute atomic E-state index is 13.2. The first-order valence-corrected chi connectivity index (χ1v) is 12.9. The number of nitrogens with one attached hydrogen (secondary N) is 2. The predicted octanol–water partition coefficient (Wildman–Crippen LogP) is 4.42. The van der Waals surface area contributed by atoms with E-state index >= 15 is 0 Å². The fourth-order valence-electron chi connectivity index (χ4n) is 5.11. The number of carbonyl (C=O) groups excluding carboxylic acids is 1. The zero-order valence-corrected chi connectivity index (χ0v) is 21.7. The van der Waals surface area contributed by atoms with Crippen molar-refractivity contribution in [3.05, 3.63) is 82.3 Å². The highest BCUT2D eigenvalue weighted by atomic mass is 35.6. The number of hydrogen-bond acceptors (Lipinski definition) is 3. The number of hydrogen-bond donors (Lipinski definition) is 2. The van der Waals surface area contributed by atoms with Gasteiger partial charge in [0.2, 0.25) is 3.79 Å². The van der Waals surface area contributed by atoms with Crippen molar-refractivity contribution in [1.82, 2.24) is 20.1 Å². The van der Waals surface area contributed by atoms with Crippen molar-refractivity contribution in [3.63, 3.8) is 0 Å². The number of nitrogens with zero attached hydrogens (tertiary/aromatic N) is 2. The average Bonchev–Trinajstić information content (AvgIpc) is 2.83. The number of thiocarbonyl (C=S) groups is 1. The lowest BCUT2D eigenvalue weighted by Gasteiger charge is -2.44. The second-order valence-electron chi connectivity index (χ2n) is 9.03. The second-order valence-corrected chi connectivity index (χ2v) is 11.8. The number of piperidine rings is 1. The molecular weight excluding hydrogens is 527 g/mol. The summed E-state index contributed by atoms with van der Waals surface area (Å²) in [6.07, 6.45) is -0.0583. The number of likely N-dealkylation sites (tertiary alicyclic amines) is 1. The molecule has 1 aromatic heterocycles. The summed E-state index contributed by atoms with van der Waals surface area (Å²) in [4.78, 5) is 27.5. The molecule has 2 aromatic carbocycles. The van der Waals surface area contributed by atoms with Crippen LogP contribution in [-0.4, -0.2) is 43.5 Å². The maximum atomic E-state index is 13.2. The van der Waals surface area contributed by atoms with Crippen LogP contribution in [0.5, 0.6) is 0 Å². The molecule has 2 N–H and O–H groups in total. The average molecular weight is 550 g/mol. The summed E-state index contributed by atoms with van der Waals surface area (Å²) in [7, 11) is 0. The van der Waals surface area contributed by atoms with Gasteiger partial charge in [-0.3, -0.25) is 9.59 Å². The molecule has 3 heterocycles. The number of carbonyl (C=O) groups is 1. The van der Waals surface area contributed by atoms with Crippen molar-refractivity contribution in [3.8, 4) is 0 Å². The van der Waals surface area contributed by atoms with Gasteiger partial charge in [0.05, 0.1) is 0 Å². The Hall–Kier alpha value is -2.32. The first kappa shape index (κ1) is 24.4. The molecule has 6 nitrogen and oxygen atoms in total. The van der Waals surface area contributed by atoms with Gasteiger partial charge in [0.25, 0.3) is 11.5 Å². The van der Waals surface area contributed by atoms with E-state index in [4.69, 9.17) is 47.0 Å². The summed E-state index contributed by atoms with van der Waals surface area (Å²) in [6, 6.07) is 18.5. The van der Waals surface area contributed by atoms with Crippen LogP contribution in [0.25, 0.3) is 10.8 Å². The van der Waals surface area contributed by atoms with E-state index in [1.54, 1.807) is 18.2 Å². The molecule has 2 bridgehead atoms. The van der Waals surface area contributed by atoms with Gasteiger partial charge in [-0.1, -0.05) is 77.3 Å². The van der Waals surface area contributed by atoms with Crippen LogP contribution in [0.1, 0.15) is 28.4 Å². The van der Waals surface area contributed by atoms with E-state index in [9.17, 15) is 9.59 Å². The Morgan fingerprint density at radius 1 is 0.971 bits per heavy atom. The molecule has 3 atom stereocenters. The fraction of sp³-hybridized carbons (Fsp3) is 0.320. The van der Waals surface area contributed by atoms with E-state index in [0.29, 0.717) is 30.3 Å². The standard InChI is InChI=1S/C25H23Cl3N4O2S/c26-25(27,28)23(29-22(34)19-8-3-6-16-5-1-2-7-18(16)19)30-24(35)31-12-15-11-17(14-31)20-9-4-10-21(33)32(20)13-15/h1-10,15,17,23H,11-14H2,(H,29,34)(H,30,35). The Labute approximate surface area is 223 Å². The lowest BCUT2D eigenvalue weighted by Crippen LogP contribution is -2.60. The topological polar surface area (TPSA) is 66.4 Å². The smallest absolute Gasteiger partial charge is 0.253 e. The van der Waals surface area contributed by atoms with Crippen LogP contribution in [-0.2, 0) is 6.54 Å². The van der Waals surface area contributed by atoms with Crippen LogP contribution in [0.15, 0.2) is 65.5 Å². The van der Waals surface area contributed by atoms with Crippen molar-refractivity contribution < 1.29 is 4.79 Å². The van der Waals surface area contributed by atoms with Gasteiger partial charge in [0, 0.05) is 42.9 Å². The zero-order valence-electron chi connectivity index (χ0n) is 18.6. The van der Waals surface area contributed by atoms with Gasteiger partial charge < -0.3 is 20.1 Å². The molecule has 1 fully saturated rings. The Morgan fingerprint density at radius 2 is 1.71 bits per heavy atom. The number of alkyl halides is 3. The van der Waals surface area contributed by atoms with Crippen molar-refractivity contribution in [1.29, 1.82) is 0 Å². The lowest BCUT2D eigenvalue weighted by molar-refractivity contribution is 0.0934. The second kappa shape index (κ2) is 9.62. The summed E-state index contributed by atoms with van der Waals surface area (Å²) in [6.45, 7) is 1.96. The molecule has 5 rings (SSSR count). The van der Waals surface area contributed by atoms with Crippen molar-refractivity contribution in [2.24, 2.45) is 5.92 Å². The molecule has 1 saturated heterocycles. The van der Waals surface area contributed by atoms with Crippen LogP contribution >= 0.6 is 47.0 Å². The molecule has 182 valence electrons. The summed E-state index contributed by atoms with van der Waals surface area (Å²) < 4.78 is 0.0110. The van der Waals surface area contributed by atoms with E-state index in [1.807, 2.05) is 51.9 Å². The number of fused-ring (bicyclic) bond motifs is 5. The van der Waals surface area contributed by atoms with Gasteiger partial charge in [-0.2, -0.15) is 0 Å². The third-order valence-electron chi connectivity index (χ3n) is 6.67. The van der Waals surface area contributed by atoms with E-state index in [-0.39, 0.29) is 23.3 Å². The summed E-state index contributed by atoms with van der Waals surface area (Å²) in [5.41, 5.74) is 1.52. The molecule has 0 spiro atoms. The number of amides is 1. The highest BCUT2D eigenvalue weighted by Gasteiger charge is 2.39. The summed E-state index contributed by atoms with van der Waals surface area (Å²) in [5, 5.41) is 7.99. The molecule has 10 heteroatoms. The number of halogens is 3. The minimum Gasteiger partial charge on any atom is -0.348 e. The third kappa shape index (κ3) is 5.00. The minimum atomic E-state index is -1.85. The molecule has 3 aromatic rings. The van der Waals surface area contributed by atoms with E-state index in [0.717, 1.165) is 22.9 Å². The van der Waals surface area contributed by atoms with Crippen molar-refractivity contribution in [2.45, 2.75) is 28.8 Å². The van der Waals surface area contributed by atoms with Crippen LogP contribution in [0, 0.1) is 5.92 Å². The van der Waals surface area contributed by atoms with Gasteiger partial charge in [0.1, 0.15) is 6.17 Å². The highest BCUT2D eigenvalue weighted by Crippen LogP contribution is 2.35. The number of benzene rings is 2. The van der Waals surface area contributed by atoms with Gasteiger partial charge in [-0.25, -0.2) is 0 Å². The Bertz CT molecular complexity index is 1350. The van der Waals surface area contributed by atoms with Crippen LogP contribution < -0.4 is 16.2 Å². The molecule has 1 amide bonds. The molecular formula is C25H23Cl3N4O2S. The van der Waals surface area contributed by atoms with Gasteiger partial charge in [0.15, 0.2) is 5.11 Å². The molecule has 0 radical (unpaired) electrons. The first-order chi connectivity index (χ1) is 16.7. The maximum Gasteiger partial charge on any atom is 0.253 e. The molecule has 2 aliphatic heterocycles. The van der Waals surface area contributed by atoms with E-state index in [1.165, 1.54) is 0 Å². The largest absolute Gasteiger partial charge is 0.348 e. The van der Waals surface area contributed by atoms with Crippen LogP contribution in [0.4, 0.5) is 0 Å². The molecule has 0 aliphatic carbocycles. The number of aromatic nitrogens is 1. The molecule has 35 heavy (non-hydrogen) atoms. The number of rotatable bonds is 3. The molecule has 0 saturated carbocycles. The lowest BCUT2D eigenvalue weighted by atomic mass is 9.83. The Kier molecular flexibility index (Phi) is 6.70. The fourth-order valence-corrected chi connectivity index (χ4v) is 5.70. The van der Waals surface area contributed by atoms with Crippen molar-refractivity contribution in [2.75, 3.05) is 13.1 Å². The van der Waals surface area contributed by atoms with E-state index < -0.39 is 9.96 Å². The molecule has 3 unspecified atom stereocenters. The predicted molar refractivity (Wildman–Crippen MR) is 144 cm³/mol. The Balaban J connectivity index is 1.33. The van der Waals surface area contributed by atoms with E-state index in [2.05, 4.69) is 10.6 Å². The molecule has 2 aliphatic rings. The minimum absolute atomic E-state index is 0.0266. The number of pyridine rings is 1. The van der Waals surface area contributed by atoms with Gasteiger partial charge in [-0.05, 0) is 47.5 Å². The quantitative estimate of drug-likeness (QED) is 0.288. The summed E-state index contributed by atoms with van der Waals surface area (Å²) >= 11 is 24.4. The monoisotopic (exact) mass is 548 g/mol. The first-order valence-electron chi connectivity index (χ1n) is 11.3. The highest BCUT2D eigenvalue weighted by molar-refractivity contribution is 7.80. The van der Waals surface area contributed by atoms with Crippen LogP contribution in [0.2, 0.25) is 0 Å². The van der Waals surface area contributed by atoms with Gasteiger partial charge in [-0.15, -0.1) is 0 Å². The van der Waals surface area contributed by atoms with Gasteiger partial charge >= 0.3 is 0 Å². The van der Waals surface area contributed by atoms with Crippen LogP contribution in [0.3, 0.4) is 0 Å². The SMILES string of the molecule is O=C(NC(NC(=S)N1CC2CC(C1)c1cccc(=O)n1C2)C(Cl)(Cl)Cl)c1cccc2ccccc12. The van der Waals surface area contributed by atoms with Crippen molar-refractivity contribution >= 4 is 68.8 Å². The Morgan fingerprint density at radius 3 is 2.51 bits per heavy atom. The third-order valence-corrected chi connectivity index (χ3v) is 7.70. The summed E-state index contributed by atoms with van der Waals surface area (Å²) in [5.74, 6) is 0.0717. The zero-order chi connectivity index (χ0) is 24.7.